The Hall–Kier alpha value is -2.51. The van der Waals surface area contributed by atoms with E-state index in [1.165, 1.54) is 28.6 Å². The molecule has 0 saturated heterocycles. The lowest BCUT2D eigenvalue weighted by Gasteiger charge is -2.11. The van der Waals surface area contributed by atoms with Crippen LogP contribution in [-0.2, 0) is 42.1 Å². The Labute approximate surface area is 179 Å². The molecule has 158 valence electrons. The van der Waals surface area contributed by atoms with Gasteiger partial charge in [0, 0.05) is 18.0 Å². The van der Waals surface area contributed by atoms with Gasteiger partial charge in [-0.15, -0.1) is 11.3 Å². The highest BCUT2D eigenvalue weighted by molar-refractivity contribution is 7.18. The number of rotatable bonds is 7. The molecule has 1 aliphatic carbocycles. The Balaban J connectivity index is 1.48. The number of thiophene rings is 1. The monoisotopic (exact) mass is 425 g/mol. The lowest BCUT2D eigenvalue weighted by atomic mass is 10.1. The molecule has 1 N–H and O–H groups in total. The van der Waals surface area contributed by atoms with Gasteiger partial charge >= 0.3 is 0 Å². The first kappa shape index (κ1) is 20.8. The molecule has 30 heavy (non-hydrogen) atoms. The average molecular weight is 426 g/mol. The van der Waals surface area contributed by atoms with Gasteiger partial charge in [0.1, 0.15) is 11.4 Å². The highest BCUT2D eigenvalue weighted by atomic mass is 32.1. The predicted octanol–water partition coefficient (Wildman–Crippen LogP) is 3.58. The number of fused-ring (bicyclic) bond motifs is 3. The maximum absolute atomic E-state index is 13.1. The van der Waals surface area contributed by atoms with Gasteiger partial charge in [0.2, 0.25) is 5.91 Å². The fourth-order valence-electron chi connectivity index (χ4n) is 3.96. The number of hydrogen-bond acceptors (Lipinski definition) is 5. The Morgan fingerprint density at radius 2 is 2.00 bits per heavy atom. The van der Waals surface area contributed by atoms with Crippen molar-refractivity contribution in [2.45, 2.75) is 58.7 Å². The van der Waals surface area contributed by atoms with E-state index < -0.39 is 0 Å². The van der Waals surface area contributed by atoms with E-state index in [0.717, 1.165) is 40.8 Å². The SMILES string of the molecule is CCOCc1ccccc1CNC(=O)Cn1cnc2sc3c(c2c1=O)CCCCC3. The van der Waals surface area contributed by atoms with Gasteiger partial charge in [0.15, 0.2) is 0 Å². The molecule has 1 aromatic carbocycles. The number of benzene rings is 1. The fraction of sp³-hybridized carbons (Fsp3) is 0.435. The summed E-state index contributed by atoms with van der Waals surface area (Å²) in [4.78, 5) is 32.2. The zero-order valence-corrected chi connectivity index (χ0v) is 18.1. The van der Waals surface area contributed by atoms with Crippen molar-refractivity contribution < 1.29 is 9.53 Å². The summed E-state index contributed by atoms with van der Waals surface area (Å²) in [6.45, 7) is 3.50. The molecule has 1 aliphatic rings. The van der Waals surface area contributed by atoms with Crippen molar-refractivity contribution in [1.82, 2.24) is 14.9 Å². The smallest absolute Gasteiger partial charge is 0.262 e. The molecule has 2 aromatic heterocycles. The van der Waals surface area contributed by atoms with Crippen molar-refractivity contribution >= 4 is 27.5 Å². The van der Waals surface area contributed by atoms with Gasteiger partial charge in [-0.3, -0.25) is 14.2 Å². The number of nitrogens with one attached hydrogen (secondary N) is 1. The van der Waals surface area contributed by atoms with Crippen LogP contribution in [0.15, 0.2) is 35.4 Å². The van der Waals surface area contributed by atoms with Crippen LogP contribution in [0, 0.1) is 0 Å². The van der Waals surface area contributed by atoms with Crippen LogP contribution in [0.5, 0.6) is 0 Å². The van der Waals surface area contributed by atoms with Gasteiger partial charge in [0.05, 0.1) is 18.3 Å². The molecule has 4 rings (SSSR count). The summed E-state index contributed by atoms with van der Waals surface area (Å²) >= 11 is 1.63. The van der Waals surface area contributed by atoms with Crippen molar-refractivity contribution in [3.8, 4) is 0 Å². The second-order valence-corrected chi connectivity index (χ2v) is 8.69. The van der Waals surface area contributed by atoms with Crippen molar-refractivity contribution in [3.63, 3.8) is 0 Å². The van der Waals surface area contributed by atoms with Crippen LogP contribution in [-0.4, -0.2) is 22.1 Å². The third-order valence-electron chi connectivity index (χ3n) is 5.56. The van der Waals surface area contributed by atoms with Crippen LogP contribution >= 0.6 is 11.3 Å². The summed E-state index contributed by atoms with van der Waals surface area (Å²) in [5.41, 5.74) is 3.13. The minimum absolute atomic E-state index is 0.0278. The van der Waals surface area contributed by atoms with Gasteiger partial charge < -0.3 is 10.1 Å². The average Bonchev–Trinajstić information content (AvgIpc) is 2.95. The topological polar surface area (TPSA) is 73.2 Å². The summed E-state index contributed by atoms with van der Waals surface area (Å²) in [5.74, 6) is -0.203. The number of nitrogens with zero attached hydrogens (tertiary/aromatic N) is 2. The Morgan fingerprint density at radius 3 is 2.83 bits per heavy atom. The maximum Gasteiger partial charge on any atom is 0.262 e. The van der Waals surface area contributed by atoms with E-state index in [-0.39, 0.29) is 18.0 Å². The summed E-state index contributed by atoms with van der Waals surface area (Å²) in [6, 6.07) is 7.89. The van der Waals surface area contributed by atoms with E-state index >= 15 is 0 Å². The lowest BCUT2D eigenvalue weighted by Crippen LogP contribution is -2.32. The third kappa shape index (κ3) is 4.47. The van der Waals surface area contributed by atoms with E-state index in [2.05, 4.69) is 10.3 Å². The van der Waals surface area contributed by atoms with E-state index in [9.17, 15) is 9.59 Å². The number of hydrogen-bond donors (Lipinski definition) is 1. The number of carbonyl (C=O) groups is 1. The summed E-state index contributed by atoms with van der Waals surface area (Å²) < 4.78 is 6.93. The van der Waals surface area contributed by atoms with Gasteiger partial charge in [-0.1, -0.05) is 30.7 Å². The Morgan fingerprint density at radius 1 is 1.20 bits per heavy atom. The fourth-order valence-corrected chi connectivity index (χ4v) is 5.18. The van der Waals surface area contributed by atoms with Gasteiger partial charge in [-0.05, 0) is 49.3 Å². The minimum Gasteiger partial charge on any atom is -0.377 e. The number of ether oxygens (including phenoxy) is 1. The Bertz CT molecular complexity index is 1100. The molecule has 2 heterocycles. The highest BCUT2D eigenvalue weighted by Crippen LogP contribution is 2.32. The minimum atomic E-state index is -0.203. The predicted molar refractivity (Wildman–Crippen MR) is 119 cm³/mol. The van der Waals surface area contributed by atoms with Crippen LogP contribution in [0.1, 0.15) is 47.8 Å². The highest BCUT2D eigenvalue weighted by Gasteiger charge is 2.19. The molecule has 0 aliphatic heterocycles. The van der Waals surface area contributed by atoms with Crippen molar-refractivity contribution in [3.05, 3.63) is 62.5 Å². The quantitative estimate of drug-likeness (QED) is 0.587. The van der Waals surface area contributed by atoms with Crippen LogP contribution in [0.25, 0.3) is 10.2 Å². The molecule has 0 radical (unpaired) electrons. The van der Waals surface area contributed by atoms with E-state index in [1.807, 2.05) is 31.2 Å². The molecule has 0 bridgehead atoms. The van der Waals surface area contributed by atoms with Crippen molar-refractivity contribution in [1.29, 1.82) is 0 Å². The molecule has 6 nitrogen and oxygen atoms in total. The number of amides is 1. The van der Waals surface area contributed by atoms with E-state index in [4.69, 9.17) is 4.74 Å². The molecule has 0 fully saturated rings. The van der Waals surface area contributed by atoms with Gasteiger partial charge in [-0.25, -0.2) is 4.98 Å². The van der Waals surface area contributed by atoms with Crippen LogP contribution in [0.2, 0.25) is 0 Å². The standard InChI is InChI=1S/C23H27N3O3S/c1-2-29-14-17-9-7-6-8-16(17)12-24-20(27)13-26-15-25-22-21(23(26)28)18-10-4-3-5-11-19(18)30-22/h6-9,15H,2-5,10-14H2,1H3,(H,24,27). The number of aryl methyl sites for hydroxylation is 2. The molecular formula is C23H27N3O3S. The molecule has 0 spiro atoms. The molecule has 1 amide bonds. The molecule has 0 atom stereocenters. The second-order valence-electron chi connectivity index (χ2n) is 7.60. The maximum atomic E-state index is 13.1. The summed E-state index contributed by atoms with van der Waals surface area (Å²) in [7, 11) is 0. The third-order valence-corrected chi connectivity index (χ3v) is 6.76. The zero-order chi connectivity index (χ0) is 20.9. The van der Waals surface area contributed by atoms with Gasteiger partial charge in [-0.2, -0.15) is 0 Å². The molecule has 3 aromatic rings. The zero-order valence-electron chi connectivity index (χ0n) is 17.3. The normalized spacial score (nSPS) is 13.8. The molecule has 0 unspecified atom stereocenters. The van der Waals surface area contributed by atoms with Crippen molar-refractivity contribution in [2.75, 3.05) is 6.61 Å². The largest absolute Gasteiger partial charge is 0.377 e. The summed E-state index contributed by atoms with van der Waals surface area (Å²) in [6.07, 6.45) is 6.93. The van der Waals surface area contributed by atoms with Crippen LogP contribution in [0.3, 0.4) is 0 Å². The second kappa shape index (κ2) is 9.53. The summed E-state index contributed by atoms with van der Waals surface area (Å²) in [5, 5.41) is 3.64. The number of carbonyl (C=O) groups excluding carboxylic acids is 1. The Kier molecular flexibility index (Phi) is 6.59. The first-order valence-electron chi connectivity index (χ1n) is 10.6. The molecular weight excluding hydrogens is 398 g/mol. The lowest BCUT2D eigenvalue weighted by molar-refractivity contribution is -0.121. The number of aromatic nitrogens is 2. The van der Waals surface area contributed by atoms with Crippen LogP contribution in [0.4, 0.5) is 0 Å². The molecule has 7 heteroatoms. The molecule has 0 saturated carbocycles. The van der Waals surface area contributed by atoms with E-state index in [0.29, 0.717) is 25.1 Å². The first-order valence-corrected chi connectivity index (χ1v) is 11.4. The van der Waals surface area contributed by atoms with Crippen molar-refractivity contribution in [2.24, 2.45) is 0 Å². The van der Waals surface area contributed by atoms with Crippen LogP contribution < -0.4 is 10.9 Å². The van der Waals surface area contributed by atoms with E-state index in [1.54, 1.807) is 11.3 Å². The van der Waals surface area contributed by atoms with Gasteiger partial charge in [0.25, 0.3) is 5.56 Å². The first-order chi connectivity index (χ1) is 14.7.